The van der Waals surface area contributed by atoms with E-state index in [0.717, 1.165) is 55.4 Å². The summed E-state index contributed by atoms with van der Waals surface area (Å²) in [5.74, 6) is -7.58. The Balaban J connectivity index is 3.99. The largest absolute Gasteiger partial charge is 0.463 e. The molecule has 0 unspecified atom stereocenters. The molecule has 0 bridgehead atoms. The summed E-state index contributed by atoms with van der Waals surface area (Å²) in [6, 6.07) is 1.62. The lowest BCUT2D eigenvalue weighted by Crippen LogP contribution is -2.65. The van der Waals surface area contributed by atoms with Crippen LogP contribution in [0.2, 0.25) is 0 Å². The highest BCUT2D eigenvalue weighted by Crippen LogP contribution is 2.32. The van der Waals surface area contributed by atoms with Crippen molar-refractivity contribution in [2.24, 2.45) is 0 Å². The average molecular weight is 676 g/mol. The first-order chi connectivity index (χ1) is 21.9. The van der Waals surface area contributed by atoms with Gasteiger partial charge in [-0.3, -0.25) is 38.4 Å². The highest BCUT2D eigenvalue weighted by atomic mass is 16.8. The molecule has 1 heterocycles. The summed E-state index contributed by atoms with van der Waals surface area (Å²) in [6.07, 6.45) is -16.2. The molecule has 19 nitrogen and oxygen atoms in total. The molecule has 1 fully saturated rings. The predicted octanol–water partition coefficient (Wildman–Crippen LogP) is -0.664. The Morgan fingerprint density at radius 3 is 1.53 bits per heavy atom. The molecule has 19 heteroatoms. The second kappa shape index (κ2) is 19.0. The fourth-order valence-corrected chi connectivity index (χ4v) is 4.28. The van der Waals surface area contributed by atoms with Crippen molar-refractivity contribution in [1.82, 2.24) is 0 Å². The number of nitriles is 1. The SMILES string of the molecule is CC(=O)OC[C@H](OC(C)=O)[C@H](O[C@@H]1O[C@H](COC(C)=O)[C@@H](OC(C)=O)[C@H](OC(C)=O)[C@H]1OC(C)=O)[C@@H](OC(C)=O)[C@@H](C#N)OC(C)=O. The molecule has 1 saturated heterocycles. The maximum Gasteiger partial charge on any atom is 0.304 e. The van der Waals surface area contributed by atoms with Gasteiger partial charge in [-0.15, -0.1) is 0 Å². The summed E-state index contributed by atoms with van der Waals surface area (Å²) in [4.78, 5) is 96.1. The van der Waals surface area contributed by atoms with Gasteiger partial charge in [0.15, 0.2) is 36.8 Å². The van der Waals surface area contributed by atoms with Crippen LogP contribution >= 0.6 is 0 Å². The van der Waals surface area contributed by atoms with Gasteiger partial charge in [-0.05, 0) is 0 Å². The topological polar surface area (TPSA) is 253 Å². The van der Waals surface area contributed by atoms with Crippen molar-refractivity contribution < 1.29 is 85.7 Å². The van der Waals surface area contributed by atoms with Gasteiger partial charge in [0, 0.05) is 55.4 Å². The van der Waals surface area contributed by atoms with E-state index < -0.39 is 116 Å². The minimum Gasteiger partial charge on any atom is -0.463 e. The van der Waals surface area contributed by atoms with Crippen molar-refractivity contribution in [3.63, 3.8) is 0 Å². The molecule has 262 valence electrons. The lowest BCUT2D eigenvalue weighted by atomic mass is 9.97. The van der Waals surface area contributed by atoms with Gasteiger partial charge in [0.2, 0.25) is 6.10 Å². The van der Waals surface area contributed by atoms with Crippen LogP contribution in [0.5, 0.6) is 0 Å². The number of esters is 8. The molecule has 9 atom stereocenters. The summed E-state index contributed by atoms with van der Waals surface area (Å²) in [5, 5.41) is 9.87. The predicted molar refractivity (Wildman–Crippen MR) is 146 cm³/mol. The number of carbonyl (C=O) groups excluding carboxylic acids is 8. The second-order valence-corrected chi connectivity index (χ2v) is 9.85. The number of nitrogens with zero attached hydrogens (tertiary/aromatic N) is 1. The first-order valence-electron chi connectivity index (χ1n) is 13.9. The second-order valence-electron chi connectivity index (χ2n) is 9.85. The summed E-state index contributed by atoms with van der Waals surface area (Å²) in [7, 11) is 0. The number of rotatable bonds is 15. The first-order valence-corrected chi connectivity index (χ1v) is 13.9. The summed E-state index contributed by atoms with van der Waals surface area (Å²) in [5.41, 5.74) is 0. The minimum atomic E-state index is -1.97. The number of hydrogen-bond acceptors (Lipinski definition) is 19. The Morgan fingerprint density at radius 1 is 0.596 bits per heavy atom. The van der Waals surface area contributed by atoms with E-state index in [-0.39, 0.29) is 0 Å². The van der Waals surface area contributed by atoms with Crippen molar-refractivity contribution >= 4 is 47.8 Å². The van der Waals surface area contributed by atoms with Crippen LogP contribution in [0.1, 0.15) is 55.4 Å². The highest BCUT2D eigenvalue weighted by Gasteiger charge is 2.55. The summed E-state index contributed by atoms with van der Waals surface area (Å²) >= 11 is 0. The molecule has 0 radical (unpaired) electrons. The quantitative estimate of drug-likeness (QED) is 0.154. The van der Waals surface area contributed by atoms with Crippen molar-refractivity contribution in [1.29, 1.82) is 5.26 Å². The zero-order chi connectivity index (χ0) is 36.0. The normalized spacial score (nSPS) is 22.7. The molecule has 1 aliphatic rings. The van der Waals surface area contributed by atoms with E-state index in [1.165, 1.54) is 0 Å². The molecule has 1 aliphatic heterocycles. The maximum absolute atomic E-state index is 12.3. The van der Waals surface area contributed by atoms with Crippen molar-refractivity contribution in [3.8, 4) is 6.07 Å². The van der Waals surface area contributed by atoms with E-state index in [2.05, 4.69) is 0 Å². The summed E-state index contributed by atoms with van der Waals surface area (Å²) < 4.78 is 53.6. The Kier molecular flexibility index (Phi) is 16.2. The van der Waals surface area contributed by atoms with Crippen molar-refractivity contribution in [3.05, 3.63) is 0 Å². The lowest BCUT2D eigenvalue weighted by Gasteiger charge is -2.46. The van der Waals surface area contributed by atoms with Crippen LogP contribution in [-0.2, 0) is 85.7 Å². The van der Waals surface area contributed by atoms with Crippen LogP contribution in [0.25, 0.3) is 0 Å². The van der Waals surface area contributed by atoms with Gasteiger partial charge in [0.25, 0.3) is 0 Å². The molecule has 0 aromatic rings. The molecule has 0 aromatic carbocycles. The molecule has 0 saturated carbocycles. The van der Waals surface area contributed by atoms with Crippen molar-refractivity contribution in [2.45, 2.75) is 111 Å². The number of ether oxygens (including phenoxy) is 10. The number of hydrogen-bond donors (Lipinski definition) is 0. The zero-order valence-corrected chi connectivity index (χ0v) is 26.9. The third-order valence-electron chi connectivity index (χ3n) is 5.72. The molecule has 0 amide bonds. The van der Waals surface area contributed by atoms with Gasteiger partial charge in [0.1, 0.15) is 31.5 Å². The van der Waals surface area contributed by atoms with E-state index in [1.54, 1.807) is 6.07 Å². The fourth-order valence-electron chi connectivity index (χ4n) is 4.28. The molecule has 0 spiro atoms. The molecule has 1 rings (SSSR count). The molecule has 47 heavy (non-hydrogen) atoms. The van der Waals surface area contributed by atoms with Crippen molar-refractivity contribution in [2.75, 3.05) is 13.2 Å². The monoisotopic (exact) mass is 675 g/mol. The van der Waals surface area contributed by atoms with Gasteiger partial charge in [-0.25, -0.2) is 0 Å². The van der Waals surface area contributed by atoms with Crippen LogP contribution in [0.4, 0.5) is 0 Å². The van der Waals surface area contributed by atoms with Gasteiger partial charge < -0.3 is 47.4 Å². The highest BCUT2D eigenvalue weighted by molar-refractivity contribution is 5.70. The fraction of sp³-hybridized carbons (Fsp3) is 0.679. The van der Waals surface area contributed by atoms with E-state index in [4.69, 9.17) is 47.4 Å². The average Bonchev–Trinajstić information content (AvgIpc) is 2.92. The Labute approximate surface area is 268 Å². The van der Waals surface area contributed by atoms with E-state index in [1.807, 2.05) is 0 Å². The smallest absolute Gasteiger partial charge is 0.304 e. The van der Waals surface area contributed by atoms with Gasteiger partial charge >= 0.3 is 47.8 Å². The Bertz CT molecular complexity index is 1230. The molecular weight excluding hydrogens is 638 g/mol. The molecule has 0 aliphatic carbocycles. The van der Waals surface area contributed by atoms with Gasteiger partial charge in [0.05, 0.1) is 0 Å². The third kappa shape index (κ3) is 14.0. The first kappa shape index (κ1) is 40.2. The molecular formula is C28H37NO18. The standard InChI is InChI=1S/C28H37NO18/c1-12(30)38-10-21(41-15(4)33)24(23(42-16(5)34)20(9-29)40-14(3)32)47-28-27(45-19(8)37)26(44-18(7)36)25(43-17(6)35)22(46-28)11-39-13(2)31/h20-28H,10-11H2,1-8H3/t20-,21+,22-,23+,24+,25-,26+,27-,28+/m1/s1. The zero-order valence-electron chi connectivity index (χ0n) is 26.9. The molecule has 0 aromatic heterocycles. The van der Waals surface area contributed by atoms with Gasteiger partial charge in [-0.2, -0.15) is 5.26 Å². The Hall–Kier alpha value is -4.83. The van der Waals surface area contributed by atoms with Crippen LogP contribution in [0.3, 0.4) is 0 Å². The van der Waals surface area contributed by atoms with Crippen LogP contribution in [-0.4, -0.2) is 116 Å². The number of carbonyl (C=O) groups is 8. The van der Waals surface area contributed by atoms with Crippen LogP contribution in [0, 0.1) is 11.3 Å². The lowest BCUT2D eigenvalue weighted by molar-refractivity contribution is -0.330. The Morgan fingerprint density at radius 2 is 1.09 bits per heavy atom. The minimum absolute atomic E-state index is 0.648. The van der Waals surface area contributed by atoms with Gasteiger partial charge in [-0.1, -0.05) is 0 Å². The van der Waals surface area contributed by atoms with Crippen LogP contribution < -0.4 is 0 Å². The molecule has 0 N–H and O–H groups in total. The van der Waals surface area contributed by atoms with E-state index in [9.17, 15) is 43.6 Å². The van der Waals surface area contributed by atoms with E-state index in [0.29, 0.717) is 0 Å². The van der Waals surface area contributed by atoms with Crippen LogP contribution in [0.15, 0.2) is 0 Å². The maximum atomic E-state index is 12.3. The third-order valence-corrected chi connectivity index (χ3v) is 5.72. The van der Waals surface area contributed by atoms with E-state index >= 15 is 0 Å². The summed E-state index contributed by atoms with van der Waals surface area (Å²) in [6.45, 7) is 6.40.